The third-order valence-corrected chi connectivity index (χ3v) is 3.76. The quantitative estimate of drug-likeness (QED) is 0.774. The molecule has 1 atom stereocenters. The molecule has 90 valence electrons. The van der Waals surface area contributed by atoms with E-state index in [2.05, 4.69) is 42.5 Å². The zero-order valence-corrected chi connectivity index (χ0v) is 12.3. The average Bonchev–Trinajstić information content (AvgIpc) is 2.51. The van der Waals surface area contributed by atoms with Gasteiger partial charge in [-0.05, 0) is 44.0 Å². The van der Waals surface area contributed by atoms with E-state index in [0.717, 1.165) is 8.95 Å². The number of carbonyl (C=O) groups is 2. The molecule has 1 saturated heterocycles. The van der Waals surface area contributed by atoms with E-state index in [4.69, 9.17) is 11.6 Å². The molecule has 1 aliphatic heterocycles. The van der Waals surface area contributed by atoms with Crippen LogP contribution in [0.2, 0.25) is 5.02 Å². The predicted octanol–water partition coefficient (Wildman–Crippen LogP) is 2.69. The van der Waals surface area contributed by atoms with Crippen LogP contribution in [-0.4, -0.2) is 17.9 Å². The summed E-state index contributed by atoms with van der Waals surface area (Å²) < 4.78 is 1.45. The Balaban J connectivity index is 2.25. The lowest BCUT2D eigenvalue weighted by atomic mass is 10.2. The summed E-state index contributed by atoms with van der Waals surface area (Å²) in [5.74, 6) is -0.586. The van der Waals surface area contributed by atoms with Crippen LogP contribution in [0, 0.1) is 0 Å². The van der Waals surface area contributed by atoms with Gasteiger partial charge in [0.1, 0.15) is 6.04 Å². The van der Waals surface area contributed by atoms with Gasteiger partial charge in [-0.3, -0.25) is 14.9 Å². The third-order valence-electron chi connectivity index (χ3n) is 2.29. The van der Waals surface area contributed by atoms with Crippen molar-refractivity contribution in [3.63, 3.8) is 0 Å². The lowest BCUT2D eigenvalue weighted by molar-refractivity contribution is -0.124. The maximum absolute atomic E-state index is 11.4. The van der Waals surface area contributed by atoms with Crippen LogP contribution in [0.5, 0.6) is 0 Å². The summed E-state index contributed by atoms with van der Waals surface area (Å²) in [5.41, 5.74) is 0.698. The molecule has 0 radical (unpaired) electrons. The SMILES string of the molecule is O=C1CC(Nc2c(Br)cc(Cl)cc2Br)C(=O)N1. The summed E-state index contributed by atoms with van der Waals surface area (Å²) in [6, 6.07) is 2.88. The van der Waals surface area contributed by atoms with Gasteiger partial charge in [-0.2, -0.15) is 0 Å². The molecular formula is C10H7Br2ClN2O2. The van der Waals surface area contributed by atoms with Crippen molar-refractivity contribution in [3.8, 4) is 0 Å². The Morgan fingerprint density at radius 3 is 2.35 bits per heavy atom. The number of carbonyl (C=O) groups excluding carboxylic acids is 2. The normalized spacial score (nSPS) is 19.4. The first-order valence-corrected chi connectivity index (χ1v) is 6.68. The van der Waals surface area contributed by atoms with Crippen LogP contribution in [-0.2, 0) is 9.59 Å². The summed E-state index contributed by atoms with van der Waals surface area (Å²) in [5, 5.41) is 5.81. The average molecular weight is 382 g/mol. The Bertz CT molecular complexity index is 484. The van der Waals surface area contributed by atoms with E-state index in [0.29, 0.717) is 10.7 Å². The lowest BCUT2D eigenvalue weighted by Crippen LogP contribution is -2.30. The number of hydrogen-bond donors (Lipinski definition) is 2. The number of hydrogen-bond acceptors (Lipinski definition) is 3. The Hall–Kier alpha value is -0.590. The molecule has 1 aromatic carbocycles. The van der Waals surface area contributed by atoms with E-state index >= 15 is 0 Å². The van der Waals surface area contributed by atoms with E-state index in [1.54, 1.807) is 12.1 Å². The van der Waals surface area contributed by atoms with E-state index < -0.39 is 6.04 Å². The molecule has 0 aliphatic carbocycles. The molecule has 1 unspecified atom stereocenters. The fourth-order valence-corrected chi connectivity index (χ4v) is 3.42. The van der Waals surface area contributed by atoms with E-state index in [9.17, 15) is 9.59 Å². The van der Waals surface area contributed by atoms with Crippen molar-refractivity contribution in [1.29, 1.82) is 0 Å². The fraction of sp³-hybridized carbons (Fsp3) is 0.200. The van der Waals surface area contributed by atoms with Gasteiger partial charge in [-0.15, -0.1) is 0 Å². The van der Waals surface area contributed by atoms with Crippen molar-refractivity contribution in [2.45, 2.75) is 12.5 Å². The van der Waals surface area contributed by atoms with Crippen LogP contribution in [0.3, 0.4) is 0 Å². The molecule has 0 saturated carbocycles. The standard InChI is InChI=1S/C10H7Br2ClN2O2/c11-5-1-4(13)2-6(12)9(5)14-7-3-8(16)15-10(7)17/h1-2,7,14H,3H2,(H,15,16,17). The highest BCUT2D eigenvalue weighted by Gasteiger charge is 2.31. The topological polar surface area (TPSA) is 58.2 Å². The molecule has 2 N–H and O–H groups in total. The van der Waals surface area contributed by atoms with Crippen LogP contribution < -0.4 is 10.6 Å². The van der Waals surface area contributed by atoms with Gasteiger partial charge in [0, 0.05) is 14.0 Å². The highest BCUT2D eigenvalue weighted by Crippen LogP contribution is 2.35. The predicted molar refractivity (Wildman–Crippen MR) is 72.0 cm³/mol. The third kappa shape index (κ3) is 2.81. The molecule has 0 spiro atoms. The van der Waals surface area contributed by atoms with Gasteiger partial charge in [0.25, 0.3) is 0 Å². The maximum Gasteiger partial charge on any atom is 0.249 e. The lowest BCUT2D eigenvalue weighted by Gasteiger charge is -2.14. The number of amides is 2. The van der Waals surface area contributed by atoms with Gasteiger partial charge >= 0.3 is 0 Å². The molecule has 2 amide bonds. The number of benzene rings is 1. The van der Waals surface area contributed by atoms with Crippen molar-refractivity contribution in [1.82, 2.24) is 5.32 Å². The maximum atomic E-state index is 11.4. The van der Waals surface area contributed by atoms with Crippen LogP contribution in [0.4, 0.5) is 5.69 Å². The van der Waals surface area contributed by atoms with Crippen molar-refractivity contribution < 1.29 is 9.59 Å². The van der Waals surface area contributed by atoms with Crippen molar-refractivity contribution in [2.24, 2.45) is 0 Å². The first-order valence-electron chi connectivity index (χ1n) is 4.72. The van der Waals surface area contributed by atoms with Crippen molar-refractivity contribution in [2.75, 3.05) is 5.32 Å². The van der Waals surface area contributed by atoms with Crippen molar-refractivity contribution >= 4 is 61.0 Å². The number of nitrogens with one attached hydrogen (secondary N) is 2. The summed E-state index contributed by atoms with van der Waals surface area (Å²) >= 11 is 12.6. The summed E-state index contributed by atoms with van der Waals surface area (Å²) in [4.78, 5) is 22.5. The second-order valence-corrected chi connectivity index (χ2v) is 5.70. The molecule has 17 heavy (non-hydrogen) atoms. The van der Waals surface area contributed by atoms with E-state index in [-0.39, 0.29) is 18.2 Å². The van der Waals surface area contributed by atoms with Gasteiger partial charge in [0.05, 0.1) is 12.1 Å². The molecule has 1 fully saturated rings. The molecular weight excluding hydrogens is 375 g/mol. The zero-order chi connectivity index (χ0) is 12.6. The number of halogens is 3. The summed E-state index contributed by atoms with van der Waals surface area (Å²) in [6.07, 6.45) is 0.139. The highest BCUT2D eigenvalue weighted by molar-refractivity contribution is 9.11. The summed E-state index contributed by atoms with van der Waals surface area (Å²) in [6.45, 7) is 0. The van der Waals surface area contributed by atoms with Crippen LogP contribution in [0.1, 0.15) is 6.42 Å². The molecule has 1 aromatic rings. The number of imide groups is 1. The number of anilines is 1. The fourth-order valence-electron chi connectivity index (χ4n) is 1.52. The van der Waals surface area contributed by atoms with Crippen LogP contribution in [0.25, 0.3) is 0 Å². The number of rotatable bonds is 2. The van der Waals surface area contributed by atoms with Gasteiger partial charge in [0.2, 0.25) is 11.8 Å². The minimum absolute atomic E-state index is 0.139. The first-order chi connectivity index (χ1) is 7.97. The largest absolute Gasteiger partial charge is 0.371 e. The van der Waals surface area contributed by atoms with Gasteiger partial charge in [-0.25, -0.2) is 0 Å². The minimum Gasteiger partial charge on any atom is -0.371 e. The zero-order valence-electron chi connectivity index (χ0n) is 8.39. The highest BCUT2D eigenvalue weighted by atomic mass is 79.9. The van der Waals surface area contributed by atoms with E-state index in [1.165, 1.54) is 0 Å². The molecule has 4 nitrogen and oxygen atoms in total. The Kier molecular flexibility index (Phi) is 3.75. The minimum atomic E-state index is -0.545. The Labute approximate surface area is 119 Å². The monoisotopic (exact) mass is 380 g/mol. The molecule has 7 heteroatoms. The smallest absolute Gasteiger partial charge is 0.249 e. The second kappa shape index (κ2) is 4.96. The van der Waals surface area contributed by atoms with Gasteiger partial charge < -0.3 is 5.32 Å². The molecule has 2 rings (SSSR count). The van der Waals surface area contributed by atoms with Crippen molar-refractivity contribution in [3.05, 3.63) is 26.1 Å². The van der Waals surface area contributed by atoms with Crippen LogP contribution >= 0.6 is 43.5 Å². The summed E-state index contributed by atoms with van der Waals surface area (Å²) in [7, 11) is 0. The Morgan fingerprint density at radius 2 is 1.88 bits per heavy atom. The molecule has 1 aliphatic rings. The van der Waals surface area contributed by atoms with Gasteiger partial charge in [-0.1, -0.05) is 11.6 Å². The molecule has 0 aromatic heterocycles. The molecule has 0 bridgehead atoms. The first kappa shape index (κ1) is 12.9. The van der Waals surface area contributed by atoms with Gasteiger partial charge in [0.15, 0.2) is 0 Å². The molecule has 1 heterocycles. The van der Waals surface area contributed by atoms with Crippen LogP contribution in [0.15, 0.2) is 21.1 Å². The van der Waals surface area contributed by atoms with E-state index in [1.807, 2.05) is 0 Å². The Morgan fingerprint density at radius 1 is 1.29 bits per heavy atom. The second-order valence-electron chi connectivity index (χ2n) is 3.56.